The van der Waals surface area contributed by atoms with Gasteiger partial charge in [-0.15, -0.1) is 0 Å². The van der Waals surface area contributed by atoms with E-state index in [9.17, 15) is 14.7 Å². The first kappa shape index (κ1) is 28.6. The quantitative estimate of drug-likeness (QED) is 0.178. The number of aromatic hydroxyl groups is 1. The van der Waals surface area contributed by atoms with E-state index in [1.54, 1.807) is 36.1 Å². The van der Waals surface area contributed by atoms with Crippen molar-refractivity contribution >= 4 is 28.5 Å². The largest absolute Gasteiger partial charge is 0.507 e. The average Bonchev–Trinajstić information content (AvgIpc) is 3.47. The monoisotopic (exact) mass is 608 g/mol. The maximum absolute atomic E-state index is 12.7. The SMILES string of the molecule is COc1ccc(-c2cc(COC(=O)COc3cc(O)c4c(=O)cc(-c5ccccc5)oc4c3)nn2-c2ccc(Cl)cc2)cc1. The molecule has 0 saturated heterocycles. The minimum atomic E-state index is -0.656. The number of aromatic nitrogens is 2. The molecule has 10 heteroatoms. The molecule has 4 aromatic carbocycles. The van der Waals surface area contributed by atoms with Crippen molar-refractivity contribution in [2.75, 3.05) is 13.7 Å². The number of esters is 1. The van der Waals surface area contributed by atoms with Crippen LogP contribution in [-0.4, -0.2) is 34.6 Å². The fraction of sp³-hybridized carbons (Fsp3) is 0.0882. The molecule has 6 aromatic rings. The summed E-state index contributed by atoms with van der Waals surface area (Å²) in [5.41, 5.74) is 3.37. The van der Waals surface area contributed by atoms with Crippen molar-refractivity contribution in [2.45, 2.75) is 6.61 Å². The smallest absolute Gasteiger partial charge is 0.344 e. The third kappa shape index (κ3) is 6.13. The van der Waals surface area contributed by atoms with E-state index in [4.69, 9.17) is 30.2 Å². The summed E-state index contributed by atoms with van der Waals surface area (Å²) in [5, 5.41) is 15.8. The lowest BCUT2D eigenvalue weighted by molar-refractivity contribution is -0.147. The number of ether oxygens (including phenoxy) is 3. The van der Waals surface area contributed by atoms with E-state index in [2.05, 4.69) is 5.10 Å². The van der Waals surface area contributed by atoms with Gasteiger partial charge >= 0.3 is 5.97 Å². The molecule has 220 valence electrons. The molecule has 1 N–H and O–H groups in total. The third-order valence-electron chi connectivity index (χ3n) is 6.80. The summed E-state index contributed by atoms with van der Waals surface area (Å²) in [7, 11) is 1.60. The number of carbonyl (C=O) groups excluding carboxylic acids is 1. The van der Waals surface area contributed by atoms with Crippen LogP contribution in [0.5, 0.6) is 17.2 Å². The van der Waals surface area contributed by atoms with E-state index in [-0.39, 0.29) is 29.1 Å². The van der Waals surface area contributed by atoms with Gasteiger partial charge in [-0.05, 0) is 54.6 Å². The number of methoxy groups -OCH3 is 1. The zero-order chi connectivity index (χ0) is 30.6. The zero-order valence-electron chi connectivity index (χ0n) is 23.4. The van der Waals surface area contributed by atoms with Gasteiger partial charge in [-0.2, -0.15) is 5.10 Å². The summed E-state index contributed by atoms with van der Waals surface area (Å²) in [5.74, 6) is 0.216. The van der Waals surface area contributed by atoms with Gasteiger partial charge in [-0.3, -0.25) is 4.79 Å². The normalized spacial score (nSPS) is 11.0. The fourth-order valence-corrected chi connectivity index (χ4v) is 4.78. The van der Waals surface area contributed by atoms with Crippen molar-refractivity contribution in [1.29, 1.82) is 0 Å². The Balaban J connectivity index is 1.17. The van der Waals surface area contributed by atoms with Crippen molar-refractivity contribution in [3.63, 3.8) is 0 Å². The average molecular weight is 609 g/mol. The topological polar surface area (TPSA) is 113 Å². The standard InChI is InChI=1S/C34H25ClN2O7/c1-41-26-13-7-21(8-14-26)28-15-24(36-37(28)25-11-9-23(35)10-12-25)19-43-33(40)20-42-27-16-29(38)34-30(39)18-31(44-32(34)17-27)22-5-3-2-4-6-22/h2-18,38H,19-20H2,1H3. The second-order valence-corrected chi connectivity index (χ2v) is 10.2. The summed E-state index contributed by atoms with van der Waals surface area (Å²) in [6.45, 7) is -0.555. The molecule has 0 amide bonds. The predicted molar refractivity (Wildman–Crippen MR) is 165 cm³/mol. The highest BCUT2D eigenvalue weighted by atomic mass is 35.5. The molecule has 9 nitrogen and oxygen atoms in total. The third-order valence-corrected chi connectivity index (χ3v) is 7.05. The molecule has 0 saturated carbocycles. The second kappa shape index (κ2) is 12.4. The lowest BCUT2D eigenvalue weighted by Crippen LogP contribution is -2.15. The Morgan fingerprint density at radius 1 is 0.909 bits per heavy atom. The van der Waals surface area contributed by atoms with Gasteiger partial charge in [-0.1, -0.05) is 41.9 Å². The van der Waals surface area contributed by atoms with Crippen molar-refractivity contribution in [2.24, 2.45) is 0 Å². The number of carbonyl (C=O) groups is 1. The van der Waals surface area contributed by atoms with Crippen LogP contribution >= 0.6 is 11.6 Å². The van der Waals surface area contributed by atoms with Crippen molar-refractivity contribution in [3.8, 4) is 45.5 Å². The van der Waals surface area contributed by atoms with Crippen LogP contribution in [0, 0.1) is 0 Å². The van der Waals surface area contributed by atoms with Crippen molar-refractivity contribution in [3.05, 3.63) is 124 Å². The van der Waals surface area contributed by atoms with E-state index in [0.717, 1.165) is 22.7 Å². The molecule has 0 fully saturated rings. The number of nitrogens with zero attached hydrogens (tertiary/aromatic N) is 2. The molecular formula is C34H25ClN2O7. The molecule has 0 atom stereocenters. The number of fused-ring (bicyclic) bond motifs is 1. The van der Waals surface area contributed by atoms with Crippen LogP contribution in [0.1, 0.15) is 5.69 Å². The molecule has 0 aliphatic carbocycles. The number of rotatable bonds is 9. The molecule has 2 aromatic heterocycles. The van der Waals surface area contributed by atoms with Crippen LogP contribution in [0.25, 0.3) is 39.2 Å². The highest BCUT2D eigenvalue weighted by molar-refractivity contribution is 6.30. The Labute approximate surface area is 256 Å². The van der Waals surface area contributed by atoms with Crippen molar-refractivity contribution < 1.29 is 28.5 Å². The van der Waals surface area contributed by atoms with Gasteiger partial charge in [0.15, 0.2) is 12.0 Å². The molecule has 0 aliphatic rings. The number of phenols is 1. The van der Waals surface area contributed by atoms with Crippen LogP contribution in [0.15, 0.2) is 112 Å². The fourth-order valence-electron chi connectivity index (χ4n) is 4.66. The first-order valence-electron chi connectivity index (χ1n) is 13.5. The van der Waals surface area contributed by atoms with E-state index in [0.29, 0.717) is 22.0 Å². The van der Waals surface area contributed by atoms with Gasteiger partial charge < -0.3 is 23.7 Å². The zero-order valence-corrected chi connectivity index (χ0v) is 24.2. The summed E-state index contributed by atoms with van der Waals surface area (Å²) in [6.07, 6.45) is 0. The van der Waals surface area contributed by atoms with Crippen molar-refractivity contribution in [1.82, 2.24) is 9.78 Å². The lowest BCUT2D eigenvalue weighted by atomic mass is 10.1. The first-order valence-corrected chi connectivity index (χ1v) is 13.9. The summed E-state index contributed by atoms with van der Waals surface area (Å²) in [6, 6.07) is 29.7. The van der Waals surface area contributed by atoms with E-state index in [1.165, 1.54) is 18.2 Å². The molecule has 44 heavy (non-hydrogen) atoms. The molecule has 0 radical (unpaired) electrons. The summed E-state index contributed by atoms with van der Waals surface area (Å²) in [4.78, 5) is 25.3. The Kier molecular flexibility index (Phi) is 8.03. The number of hydrogen-bond acceptors (Lipinski definition) is 8. The minimum absolute atomic E-state index is 0.0172. The molecule has 6 rings (SSSR count). The van der Waals surface area contributed by atoms with Gasteiger partial charge in [0.05, 0.1) is 18.5 Å². The Morgan fingerprint density at radius 3 is 2.39 bits per heavy atom. The minimum Gasteiger partial charge on any atom is -0.507 e. The van der Waals surface area contributed by atoms with Crippen LogP contribution in [0.2, 0.25) is 5.02 Å². The number of benzene rings is 4. The molecule has 0 aliphatic heterocycles. The van der Waals surface area contributed by atoms with Crippen LogP contribution < -0.4 is 14.9 Å². The summed E-state index contributed by atoms with van der Waals surface area (Å²) >= 11 is 6.08. The Morgan fingerprint density at radius 2 is 1.66 bits per heavy atom. The number of hydrogen-bond donors (Lipinski definition) is 1. The van der Waals surface area contributed by atoms with Gasteiger partial charge in [0.1, 0.15) is 46.3 Å². The Hall–Kier alpha value is -5.54. The van der Waals surface area contributed by atoms with Gasteiger partial charge in [0.25, 0.3) is 0 Å². The van der Waals surface area contributed by atoms with Crippen LogP contribution in [0.3, 0.4) is 0 Å². The molecule has 0 spiro atoms. The number of phenolic OH excluding ortho intramolecular Hbond substituents is 1. The maximum atomic E-state index is 12.7. The molecule has 0 bridgehead atoms. The lowest BCUT2D eigenvalue weighted by Gasteiger charge is -2.09. The number of halogens is 1. The van der Waals surface area contributed by atoms with Gasteiger partial charge in [0, 0.05) is 34.3 Å². The maximum Gasteiger partial charge on any atom is 0.344 e. The summed E-state index contributed by atoms with van der Waals surface area (Å²) < 4.78 is 23.9. The predicted octanol–water partition coefficient (Wildman–Crippen LogP) is 6.80. The van der Waals surface area contributed by atoms with Crippen LogP contribution in [-0.2, 0) is 16.1 Å². The highest BCUT2D eigenvalue weighted by Crippen LogP contribution is 2.31. The van der Waals surface area contributed by atoms with E-state index >= 15 is 0 Å². The molecule has 0 unspecified atom stereocenters. The Bertz CT molecular complexity index is 2000. The van der Waals surface area contributed by atoms with E-state index < -0.39 is 18.0 Å². The van der Waals surface area contributed by atoms with E-state index in [1.807, 2.05) is 60.7 Å². The van der Waals surface area contributed by atoms with Gasteiger partial charge in [-0.25, -0.2) is 9.48 Å². The molecule has 2 heterocycles. The van der Waals surface area contributed by atoms with Gasteiger partial charge in [0.2, 0.25) is 0 Å². The second-order valence-electron chi connectivity index (χ2n) is 9.74. The first-order chi connectivity index (χ1) is 21.4. The molecular weight excluding hydrogens is 584 g/mol. The van der Waals surface area contributed by atoms with Crippen LogP contribution in [0.4, 0.5) is 0 Å². The highest BCUT2D eigenvalue weighted by Gasteiger charge is 2.16.